The van der Waals surface area contributed by atoms with E-state index >= 15 is 0 Å². The Kier molecular flexibility index (Phi) is 128. The average Bonchev–Trinajstić information content (AvgIpc) is 1.70. The Balaban J connectivity index is -0.0000000257. The summed E-state index contributed by atoms with van der Waals surface area (Å²) in [5, 5.41) is 8.25. The van der Waals surface area contributed by atoms with Crippen molar-refractivity contribution in [2.75, 3.05) is 42.3 Å². The minimum Gasteiger partial charge on any atom is -0.323 e. The summed E-state index contributed by atoms with van der Waals surface area (Å²) >= 11 is 0. The molecule has 0 aromatic heterocycles. The maximum Gasteiger partial charge on any atom is 0 e. The zero-order valence-corrected chi connectivity index (χ0v) is 9.18. The summed E-state index contributed by atoms with van der Waals surface area (Å²) in [7, 11) is 11.2. The second kappa shape index (κ2) is 57.2. The van der Waals surface area contributed by atoms with Crippen LogP contribution in [0.25, 0.3) is 0 Å². The molecule has 3 nitrogen and oxygen atoms in total. The fourth-order valence-electron chi connectivity index (χ4n) is 0. The minimum atomic E-state index is 0. The van der Waals surface area contributed by atoms with Crippen LogP contribution in [0.3, 0.4) is 0 Å². The van der Waals surface area contributed by atoms with Crippen LogP contribution in [0.4, 0.5) is 0 Å². The van der Waals surface area contributed by atoms with Crippen LogP contribution in [0.5, 0.6) is 0 Å². The summed E-state index contributed by atoms with van der Waals surface area (Å²) in [4.78, 5) is 0. The molecule has 3 N–H and O–H groups in total. The summed E-state index contributed by atoms with van der Waals surface area (Å²) in [5.74, 6) is 0. The van der Waals surface area contributed by atoms with Gasteiger partial charge >= 0.3 is 0 Å². The zero-order chi connectivity index (χ0) is 8.12. The molecule has 10 heavy (non-hydrogen) atoms. The first-order valence-electron chi connectivity index (χ1n) is 3.00. The molecule has 0 heterocycles. The quantitative estimate of drug-likeness (QED) is 0.479. The predicted octanol–water partition coefficient (Wildman–Crippen LogP) is -0.496. The number of hydrogen-bond donors (Lipinski definition) is 3. The van der Waals surface area contributed by atoms with Gasteiger partial charge in [0.05, 0.1) is 0 Å². The van der Waals surface area contributed by atoms with Crippen molar-refractivity contribution >= 4 is 0 Å². The molecule has 0 aromatic carbocycles. The average molecular weight is 187 g/mol. The molecule has 0 saturated carbocycles. The summed E-state index contributed by atoms with van der Waals surface area (Å²) in [6.07, 6.45) is 0. The van der Waals surface area contributed by atoms with E-state index in [2.05, 4.69) is 16.0 Å². The molecule has 0 rings (SSSR count). The van der Waals surface area contributed by atoms with Crippen LogP contribution in [-0.2, 0) is 17.4 Å². The van der Waals surface area contributed by atoms with E-state index in [1.54, 1.807) is 0 Å². The maximum absolute atomic E-state index is 2.75. The first kappa shape index (κ1) is 22.4. The Morgan fingerprint density at radius 1 is 0.500 bits per heavy atom. The largest absolute Gasteiger partial charge is 0.323 e. The molecule has 0 aliphatic rings. The van der Waals surface area contributed by atoms with Gasteiger partial charge in [-0.05, 0) is 42.3 Å². The Hall–Kier alpha value is 0.412. The normalized spacial score (nSPS) is 5.40. The first-order valence-corrected chi connectivity index (χ1v) is 3.00. The van der Waals surface area contributed by atoms with Crippen LogP contribution in [0, 0.1) is 0 Å². The van der Waals surface area contributed by atoms with Gasteiger partial charge in [0, 0.05) is 17.4 Å². The third kappa shape index (κ3) is 2720. The van der Waals surface area contributed by atoms with Gasteiger partial charge in [-0.2, -0.15) is 0 Å². The molecule has 0 aromatic rings. The Morgan fingerprint density at radius 3 is 0.500 bits per heavy atom. The number of rotatable bonds is 0. The fraction of sp³-hybridized carbons (Fsp3) is 1.00. The molecule has 0 fully saturated rings. The monoisotopic (exact) mass is 187 g/mol. The van der Waals surface area contributed by atoms with Gasteiger partial charge in [-0.15, -0.1) is 0 Å². The second-order valence-electron chi connectivity index (χ2n) is 1.50. The Bertz CT molecular complexity index is 17.7. The van der Waals surface area contributed by atoms with Crippen molar-refractivity contribution in [2.24, 2.45) is 0 Å². The van der Waals surface area contributed by atoms with Gasteiger partial charge in [0.1, 0.15) is 0 Å². The van der Waals surface area contributed by atoms with E-state index in [0.29, 0.717) is 0 Å². The molecule has 0 unspecified atom stereocenters. The van der Waals surface area contributed by atoms with Crippen LogP contribution < -0.4 is 16.0 Å². The maximum atomic E-state index is 2.75. The number of hydrogen-bond acceptors (Lipinski definition) is 3. The van der Waals surface area contributed by atoms with Crippen molar-refractivity contribution in [2.45, 2.75) is 0 Å². The first-order chi connectivity index (χ1) is 4.24. The standard InChI is InChI=1S/3C2H7N.Cr/c3*1-3-2;/h3*3H,1-2H3;. The molecule has 0 amide bonds. The molecule has 0 aliphatic heterocycles. The van der Waals surface area contributed by atoms with Crippen molar-refractivity contribution in [3.05, 3.63) is 0 Å². The van der Waals surface area contributed by atoms with Gasteiger partial charge in [-0.25, -0.2) is 0 Å². The van der Waals surface area contributed by atoms with Gasteiger partial charge in [0.2, 0.25) is 0 Å². The molecule has 0 saturated heterocycles. The van der Waals surface area contributed by atoms with Gasteiger partial charge in [-0.3, -0.25) is 0 Å². The predicted molar refractivity (Wildman–Crippen MR) is 45.0 cm³/mol. The SMILES string of the molecule is CNC.CNC.CNC.[Cr]. The van der Waals surface area contributed by atoms with Crippen LogP contribution in [-0.4, -0.2) is 42.3 Å². The molecular formula is C6H21CrN3. The van der Waals surface area contributed by atoms with Gasteiger partial charge < -0.3 is 16.0 Å². The van der Waals surface area contributed by atoms with Crippen molar-refractivity contribution in [1.82, 2.24) is 16.0 Å². The van der Waals surface area contributed by atoms with Crippen molar-refractivity contribution < 1.29 is 17.4 Å². The third-order valence-corrected chi connectivity index (χ3v) is 0. The fourth-order valence-corrected chi connectivity index (χ4v) is 0. The van der Waals surface area contributed by atoms with E-state index in [0.717, 1.165) is 0 Å². The van der Waals surface area contributed by atoms with Crippen molar-refractivity contribution in [3.8, 4) is 0 Å². The molecular weight excluding hydrogens is 166 g/mol. The Morgan fingerprint density at radius 2 is 0.500 bits per heavy atom. The van der Waals surface area contributed by atoms with Crippen LogP contribution >= 0.6 is 0 Å². The minimum absolute atomic E-state index is 0. The van der Waals surface area contributed by atoms with E-state index in [-0.39, 0.29) is 17.4 Å². The van der Waals surface area contributed by atoms with Crippen LogP contribution in [0.15, 0.2) is 0 Å². The molecule has 0 atom stereocenters. The van der Waals surface area contributed by atoms with Gasteiger partial charge in [0.15, 0.2) is 0 Å². The topological polar surface area (TPSA) is 36.1 Å². The second-order valence-corrected chi connectivity index (χ2v) is 1.50. The van der Waals surface area contributed by atoms with E-state index in [4.69, 9.17) is 0 Å². The van der Waals surface area contributed by atoms with E-state index in [1.165, 1.54) is 0 Å². The number of nitrogens with one attached hydrogen (secondary N) is 3. The summed E-state index contributed by atoms with van der Waals surface area (Å²) < 4.78 is 0. The van der Waals surface area contributed by atoms with E-state index in [9.17, 15) is 0 Å². The van der Waals surface area contributed by atoms with Crippen molar-refractivity contribution in [3.63, 3.8) is 0 Å². The van der Waals surface area contributed by atoms with Crippen LogP contribution in [0.2, 0.25) is 0 Å². The third-order valence-electron chi connectivity index (χ3n) is 0. The summed E-state index contributed by atoms with van der Waals surface area (Å²) in [6.45, 7) is 0. The zero-order valence-electron chi connectivity index (χ0n) is 7.91. The molecule has 0 bridgehead atoms. The van der Waals surface area contributed by atoms with E-state index < -0.39 is 0 Å². The summed E-state index contributed by atoms with van der Waals surface area (Å²) in [5.41, 5.74) is 0. The van der Waals surface area contributed by atoms with Gasteiger partial charge in [0.25, 0.3) is 0 Å². The van der Waals surface area contributed by atoms with E-state index in [1.807, 2.05) is 42.3 Å². The molecule has 66 valence electrons. The van der Waals surface area contributed by atoms with Crippen molar-refractivity contribution in [1.29, 1.82) is 0 Å². The van der Waals surface area contributed by atoms with Gasteiger partial charge in [-0.1, -0.05) is 0 Å². The molecule has 0 aliphatic carbocycles. The molecule has 4 heteroatoms. The Labute approximate surface area is 76.1 Å². The molecule has 0 spiro atoms. The van der Waals surface area contributed by atoms with Crippen LogP contribution in [0.1, 0.15) is 0 Å². The smallest absolute Gasteiger partial charge is 0 e. The summed E-state index contributed by atoms with van der Waals surface area (Å²) in [6, 6.07) is 0. The molecule has 0 radical (unpaired) electrons.